The van der Waals surface area contributed by atoms with E-state index in [-0.39, 0.29) is 0 Å². The largest absolute Gasteiger partial charge is 0.389 e. The third-order valence-electron chi connectivity index (χ3n) is 1.77. The molecule has 0 saturated carbocycles. The van der Waals surface area contributed by atoms with E-state index in [0.29, 0.717) is 4.99 Å². The van der Waals surface area contributed by atoms with E-state index in [1.165, 1.54) is 5.56 Å². The Morgan fingerprint density at radius 2 is 2.33 bits per heavy atom. The van der Waals surface area contributed by atoms with E-state index >= 15 is 0 Å². The fourth-order valence-corrected chi connectivity index (χ4v) is 1.31. The molecule has 2 nitrogen and oxygen atoms in total. The number of hydrogen-bond acceptors (Lipinski definition) is 2. The summed E-state index contributed by atoms with van der Waals surface area (Å²) in [4.78, 5) is 4.57. The molecule has 0 fully saturated rings. The fourth-order valence-electron chi connectivity index (χ4n) is 1.13. The normalized spacial score (nSPS) is 9.83. The first-order chi connectivity index (χ1) is 5.65. The number of thiocarbonyl (C=S) groups is 1. The molecule has 0 atom stereocenters. The zero-order valence-corrected chi connectivity index (χ0v) is 8.11. The minimum Gasteiger partial charge on any atom is -0.389 e. The summed E-state index contributed by atoms with van der Waals surface area (Å²) >= 11 is 4.90. The van der Waals surface area contributed by atoms with Crippen LogP contribution in [0.3, 0.4) is 0 Å². The predicted octanol–water partition coefficient (Wildman–Crippen LogP) is 1.59. The van der Waals surface area contributed by atoms with Crippen LogP contribution in [-0.2, 0) is 6.42 Å². The Balaban J connectivity index is 3.20. The smallest absolute Gasteiger partial charge is 0.105 e. The van der Waals surface area contributed by atoms with Gasteiger partial charge in [-0.05, 0) is 25.0 Å². The fraction of sp³-hybridized carbons (Fsp3) is 0.333. The number of nitrogens with zero attached hydrogens (tertiary/aromatic N) is 1. The summed E-state index contributed by atoms with van der Waals surface area (Å²) in [5, 5.41) is 0. The van der Waals surface area contributed by atoms with Crippen molar-refractivity contribution in [2.24, 2.45) is 5.73 Å². The first-order valence-corrected chi connectivity index (χ1v) is 4.31. The van der Waals surface area contributed by atoms with E-state index in [1.807, 2.05) is 13.0 Å². The average molecular weight is 180 g/mol. The molecule has 1 heterocycles. The van der Waals surface area contributed by atoms with E-state index in [0.717, 1.165) is 17.7 Å². The highest BCUT2D eigenvalue weighted by Gasteiger charge is 2.03. The molecule has 0 aliphatic carbocycles. The van der Waals surface area contributed by atoms with Gasteiger partial charge in [0.15, 0.2) is 0 Å². The monoisotopic (exact) mass is 180 g/mol. The Bertz CT molecular complexity index is 307. The second-order valence-corrected chi connectivity index (χ2v) is 3.14. The molecule has 0 aliphatic rings. The lowest BCUT2D eigenvalue weighted by Crippen LogP contribution is -2.12. The molecule has 0 amide bonds. The van der Waals surface area contributed by atoms with E-state index in [4.69, 9.17) is 18.0 Å². The first-order valence-electron chi connectivity index (χ1n) is 3.90. The summed E-state index contributed by atoms with van der Waals surface area (Å²) in [7, 11) is 0. The van der Waals surface area contributed by atoms with Crippen molar-refractivity contribution in [1.82, 2.24) is 4.98 Å². The van der Waals surface area contributed by atoms with Crippen LogP contribution in [-0.4, -0.2) is 9.97 Å². The van der Waals surface area contributed by atoms with Crippen molar-refractivity contribution in [3.05, 3.63) is 29.1 Å². The molecule has 12 heavy (non-hydrogen) atoms. The zero-order valence-electron chi connectivity index (χ0n) is 7.29. The van der Waals surface area contributed by atoms with Gasteiger partial charge in [-0.25, -0.2) is 0 Å². The second kappa shape index (κ2) is 3.63. The van der Waals surface area contributed by atoms with Crippen molar-refractivity contribution >= 4 is 17.2 Å². The highest BCUT2D eigenvalue weighted by molar-refractivity contribution is 7.80. The third-order valence-corrected chi connectivity index (χ3v) is 1.99. The van der Waals surface area contributed by atoms with Crippen LogP contribution in [0.1, 0.15) is 23.7 Å². The number of nitrogens with two attached hydrogens (primary N) is 1. The van der Waals surface area contributed by atoms with Gasteiger partial charge in [-0.15, -0.1) is 0 Å². The van der Waals surface area contributed by atoms with Crippen molar-refractivity contribution in [2.75, 3.05) is 0 Å². The second-order valence-electron chi connectivity index (χ2n) is 2.70. The van der Waals surface area contributed by atoms with Crippen LogP contribution in [0.25, 0.3) is 0 Å². The van der Waals surface area contributed by atoms with Crippen LogP contribution in [0.5, 0.6) is 0 Å². The molecule has 0 spiro atoms. The van der Waals surface area contributed by atoms with Crippen molar-refractivity contribution in [2.45, 2.75) is 20.3 Å². The van der Waals surface area contributed by atoms with Crippen LogP contribution in [0.4, 0.5) is 0 Å². The van der Waals surface area contributed by atoms with Gasteiger partial charge < -0.3 is 5.73 Å². The highest BCUT2D eigenvalue weighted by atomic mass is 32.1. The maximum atomic E-state index is 5.53. The number of pyridine rings is 1. The van der Waals surface area contributed by atoms with Crippen LogP contribution in [0.15, 0.2) is 12.3 Å². The zero-order chi connectivity index (χ0) is 9.14. The molecule has 1 aromatic heterocycles. The van der Waals surface area contributed by atoms with Gasteiger partial charge in [-0.3, -0.25) is 4.98 Å². The van der Waals surface area contributed by atoms with E-state index < -0.39 is 0 Å². The molecule has 0 saturated heterocycles. The van der Waals surface area contributed by atoms with Crippen LogP contribution < -0.4 is 5.73 Å². The minimum atomic E-state index is 0.430. The molecular formula is C9H12N2S. The predicted molar refractivity (Wildman–Crippen MR) is 54.2 cm³/mol. The summed E-state index contributed by atoms with van der Waals surface area (Å²) in [6.45, 7) is 4.04. The van der Waals surface area contributed by atoms with Crippen LogP contribution in [0.2, 0.25) is 0 Å². The molecule has 0 radical (unpaired) electrons. The van der Waals surface area contributed by atoms with E-state index in [9.17, 15) is 0 Å². The molecule has 0 bridgehead atoms. The van der Waals surface area contributed by atoms with Gasteiger partial charge in [-0.2, -0.15) is 0 Å². The Hall–Kier alpha value is -0.960. The highest BCUT2D eigenvalue weighted by Crippen LogP contribution is 2.09. The van der Waals surface area contributed by atoms with Crippen molar-refractivity contribution in [3.63, 3.8) is 0 Å². The van der Waals surface area contributed by atoms with Gasteiger partial charge in [-0.1, -0.05) is 19.1 Å². The minimum absolute atomic E-state index is 0.430. The van der Waals surface area contributed by atoms with E-state index in [2.05, 4.69) is 11.9 Å². The molecule has 0 unspecified atom stereocenters. The van der Waals surface area contributed by atoms with Gasteiger partial charge in [0.05, 0.1) is 0 Å². The third kappa shape index (κ3) is 1.80. The lowest BCUT2D eigenvalue weighted by Gasteiger charge is -2.05. The maximum absolute atomic E-state index is 5.53. The Kier molecular flexibility index (Phi) is 2.76. The standard InChI is InChI=1S/C9H12N2S/c1-3-7-4-6(2)11-5-8(7)9(10)12/h4-5H,3H2,1-2H3,(H2,10,12). The summed E-state index contributed by atoms with van der Waals surface area (Å²) in [6, 6.07) is 2.02. The first kappa shape index (κ1) is 9.13. The SMILES string of the molecule is CCc1cc(C)ncc1C(N)=S. The van der Waals surface area contributed by atoms with E-state index in [1.54, 1.807) is 6.20 Å². The van der Waals surface area contributed by atoms with Gasteiger partial charge >= 0.3 is 0 Å². The number of hydrogen-bond donors (Lipinski definition) is 1. The van der Waals surface area contributed by atoms with Gasteiger partial charge in [0.2, 0.25) is 0 Å². The topological polar surface area (TPSA) is 38.9 Å². The molecule has 0 aromatic carbocycles. The lowest BCUT2D eigenvalue weighted by molar-refractivity contribution is 1.08. The Labute approximate surface area is 77.8 Å². The quantitative estimate of drug-likeness (QED) is 0.702. The van der Waals surface area contributed by atoms with Crippen LogP contribution in [0, 0.1) is 6.92 Å². The molecule has 64 valence electrons. The van der Waals surface area contributed by atoms with Gasteiger partial charge in [0.1, 0.15) is 4.99 Å². The lowest BCUT2D eigenvalue weighted by atomic mass is 10.1. The van der Waals surface area contributed by atoms with Gasteiger partial charge in [0.25, 0.3) is 0 Å². The molecular weight excluding hydrogens is 168 g/mol. The molecule has 0 aliphatic heterocycles. The van der Waals surface area contributed by atoms with Gasteiger partial charge in [0, 0.05) is 17.5 Å². The molecule has 1 aromatic rings. The summed E-state index contributed by atoms with van der Waals surface area (Å²) < 4.78 is 0. The summed E-state index contributed by atoms with van der Waals surface area (Å²) in [6.07, 6.45) is 2.69. The molecule has 3 heteroatoms. The molecule has 2 N–H and O–H groups in total. The van der Waals surface area contributed by atoms with Crippen molar-refractivity contribution < 1.29 is 0 Å². The number of aryl methyl sites for hydroxylation is 2. The summed E-state index contributed by atoms with van der Waals surface area (Å²) in [5.41, 5.74) is 8.61. The molecule has 1 rings (SSSR count). The Morgan fingerprint density at radius 1 is 1.67 bits per heavy atom. The van der Waals surface area contributed by atoms with Crippen molar-refractivity contribution in [3.8, 4) is 0 Å². The average Bonchev–Trinajstić information content (AvgIpc) is 2.03. The van der Waals surface area contributed by atoms with Crippen molar-refractivity contribution in [1.29, 1.82) is 0 Å². The number of rotatable bonds is 2. The van der Waals surface area contributed by atoms with Crippen LogP contribution >= 0.6 is 12.2 Å². The number of aromatic nitrogens is 1. The summed E-state index contributed by atoms with van der Waals surface area (Å²) in [5.74, 6) is 0. The maximum Gasteiger partial charge on any atom is 0.105 e. The Morgan fingerprint density at radius 3 is 2.83 bits per heavy atom.